The lowest BCUT2D eigenvalue weighted by Gasteiger charge is -2.22. The summed E-state index contributed by atoms with van der Waals surface area (Å²) in [7, 11) is 0. The molecule has 0 radical (unpaired) electrons. The fourth-order valence-electron chi connectivity index (χ4n) is 3.45. The van der Waals surface area contributed by atoms with Crippen LogP contribution in [0, 0.1) is 6.92 Å². The first-order valence-corrected chi connectivity index (χ1v) is 12.8. The van der Waals surface area contributed by atoms with Crippen LogP contribution in [0.3, 0.4) is 0 Å². The van der Waals surface area contributed by atoms with Gasteiger partial charge in [-0.15, -0.1) is 23.1 Å². The number of aromatic nitrogens is 3. The molecule has 0 spiro atoms. The number of fused-ring (bicyclic) bond motifs is 1. The van der Waals surface area contributed by atoms with Crippen LogP contribution in [0.25, 0.3) is 10.9 Å². The van der Waals surface area contributed by atoms with Crippen molar-refractivity contribution >= 4 is 51.5 Å². The van der Waals surface area contributed by atoms with E-state index in [1.54, 1.807) is 46.2 Å². The third-order valence-electron chi connectivity index (χ3n) is 4.99. The zero-order chi connectivity index (χ0) is 23.4. The van der Waals surface area contributed by atoms with Gasteiger partial charge in [0.05, 0.1) is 28.1 Å². The minimum absolute atomic E-state index is 0.0997. The number of H-pyrrole nitrogens is 1. The number of aromatic amines is 1. The second kappa shape index (κ2) is 10.5. The van der Waals surface area contributed by atoms with E-state index in [0.717, 1.165) is 27.8 Å². The Bertz CT molecular complexity index is 1330. The van der Waals surface area contributed by atoms with Crippen molar-refractivity contribution in [1.29, 1.82) is 0 Å². The van der Waals surface area contributed by atoms with Gasteiger partial charge in [-0.3, -0.25) is 9.59 Å². The SMILES string of the molecule is CCCN(Cc1nc2cc(Cl)ccc2c(=O)[nH]1)C(=O)c1ccc(SCc2csc(C)n2)cc1. The number of nitrogens with one attached hydrogen (secondary N) is 1. The average molecular weight is 499 g/mol. The summed E-state index contributed by atoms with van der Waals surface area (Å²) in [6.45, 7) is 4.77. The highest BCUT2D eigenvalue weighted by Crippen LogP contribution is 2.24. The maximum Gasteiger partial charge on any atom is 0.258 e. The van der Waals surface area contributed by atoms with Crippen molar-refractivity contribution in [3.8, 4) is 0 Å². The second-order valence-electron chi connectivity index (χ2n) is 7.57. The van der Waals surface area contributed by atoms with Gasteiger partial charge in [0.25, 0.3) is 11.5 Å². The van der Waals surface area contributed by atoms with Crippen molar-refractivity contribution in [1.82, 2.24) is 19.9 Å². The highest BCUT2D eigenvalue weighted by Gasteiger charge is 2.17. The number of nitrogens with zero attached hydrogens (tertiary/aromatic N) is 3. The Balaban J connectivity index is 1.48. The van der Waals surface area contributed by atoms with Crippen LogP contribution in [-0.2, 0) is 12.3 Å². The van der Waals surface area contributed by atoms with Gasteiger partial charge >= 0.3 is 0 Å². The molecule has 4 rings (SSSR count). The van der Waals surface area contributed by atoms with E-state index in [0.29, 0.717) is 33.9 Å². The lowest BCUT2D eigenvalue weighted by atomic mass is 10.2. The van der Waals surface area contributed by atoms with Gasteiger partial charge in [0.15, 0.2) is 0 Å². The van der Waals surface area contributed by atoms with E-state index in [2.05, 4.69) is 20.3 Å². The van der Waals surface area contributed by atoms with Crippen LogP contribution < -0.4 is 5.56 Å². The van der Waals surface area contributed by atoms with Gasteiger partial charge in [-0.25, -0.2) is 9.97 Å². The molecule has 0 aliphatic carbocycles. The number of thioether (sulfide) groups is 1. The van der Waals surface area contributed by atoms with Gasteiger partial charge in [0.2, 0.25) is 0 Å². The molecule has 1 amide bonds. The van der Waals surface area contributed by atoms with Crippen LogP contribution in [-0.4, -0.2) is 32.3 Å². The zero-order valence-electron chi connectivity index (χ0n) is 18.3. The van der Waals surface area contributed by atoms with Crippen LogP contribution in [0.2, 0.25) is 5.02 Å². The van der Waals surface area contributed by atoms with E-state index < -0.39 is 0 Å². The molecule has 0 aliphatic heterocycles. The Labute approximate surface area is 205 Å². The Hall–Kier alpha value is -2.68. The summed E-state index contributed by atoms with van der Waals surface area (Å²) in [4.78, 5) is 40.2. The smallest absolute Gasteiger partial charge is 0.258 e. The van der Waals surface area contributed by atoms with E-state index in [1.165, 1.54) is 0 Å². The summed E-state index contributed by atoms with van der Waals surface area (Å²) in [6, 6.07) is 12.6. The van der Waals surface area contributed by atoms with E-state index in [1.807, 2.05) is 38.1 Å². The van der Waals surface area contributed by atoms with Crippen LogP contribution in [0.1, 0.15) is 40.2 Å². The summed E-state index contributed by atoms with van der Waals surface area (Å²) in [5, 5.41) is 4.11. The first-order valence-electron chi connectivity index (χ1n) is 10.5. The fourth-order valence-corrected chi connectivity index (χ4v) is 5.12. The lowest BCUT2D eigenvalue weighted by molar-refractivity contribution is 0.0739. The standard InChI is InChI=1S/C24H23ClN4O2S2/c1-3-10-29(12-22-27-21-11-17(25)6-9-20(21)23(30)28-22)24(31)16-4-7-19(8-5-16)33-14-18-13-32-15(2)26-18/h4-9,11,13H,3,10,12,14H2,1-2H3,(H,27,28,30). The number of thiazole rings is 1. The Morgan fingerprint density at radius 1 is 1.18 bits per heavy atom. The predicted molar refractivity (Wildman–Crippen MR) is 135 cm³/mol. The second-order valence-corrected chi connectivity index (χ2v) is 10.1. The van der Waals surface area contributed by atoms with Gasteiger partial charge in [-0.2, -0.15) is 0 Å². The molecule has 0 saturated carbocycles. The molecule has 4 aromatic rings. The Morgan fingerprint density at radius 3 is 2.67 bits per heavy atom. The minimum Gasteiger partial charge on any atom is -0.331 e. The Kier molecular flexibility index (Phi) is 7.47. The van der Waals surface area contributed by atoms with Crippen molar-refractivity contribution in [3.63, 3.8) is 0 Å². The summed E-state index contributed by atoms with van der Waals surface area (Å²) in [5.41, 5.74) is 1.94. The number of carbonyl (C=O) groups is 1. The lowest BCUT2D eigenvalue weighted by Crippen LogP contribution is -2.32. The number of carbonyl (C=O) groups excluding carboxylic acids is 1. The number of aryl methyl sites for hydroxylation is 1. The average Bonchev–Trinajstić information content (AvgIpc) is 3.22. The van der Waals surface area contributed by atoms with Crippen LogP contribution in [0.4, 0.5) is 0 Å². The van der Waals surface area contributed by atoms with Crippen molar-refractivity contribution < 1.29 is 4.79 Å². The summed E-state index contributed by atoms with van der Waals surface area (Å²) >= 11 is 9.40. The molecule has 2 aromatic heterocycles. The monoisotopic (exact) mass is 498 g/mol. The van der Waals surface area contributed by atoms with Gasteiger partial charge < -0.3 is 9.88 Å². The van der Waals surface area contributed by atoms with E-state index >= 15 is 0 Å². The summed E-state index contributed by atoms with van der Waals surface area (Å²) in [6.07, 6.45) is 0.788. The molecule has 6 nitrogen and oxygen atoms in total. The third kappa shape index (κ3) is 5.82. The quantitative estimate of drug-likeness (QED) is 0.316. The van der Waals surface area contributed by atoms with E-state index in [-0.39, 0.29) is 18.0 Å². The highest BCUT2D eigenvalue weighted by atomic mass is 35.5. The largest absolute Gasteiger partial charge is 0.331 e. The number of halogens is 1. The van der Waals surface area contributed by atoms with Crippen LogP contribution in [0.15, 0.2) is 57.5 Å². The molecule has 0 bridgehead atoms. The minimum atomic E-state index is -0.243. The number of amides is 1. The van der Waals surface area contributed by atoms with E-state index in [4.69, 9.17) is 11.6 Å². The molecule has 0 saturated heterocycles. The molecule has 0 unspecified atom stereocenters. The van der Waals surface area contributed by atoms with Crippen LogP contribution >= 0.6 is 34.7 Å². The van der Waals surface area contributed by atoms with Gasteiger partial charge in [-0.1, -0.05) is 18.5 Å². The predicted octanol–water partition coefficient (Wildman–Crippen LogP) is 5.69. The number of rotatable bonds is 8. The first kappa shape index (κ1) is 23.5. The Morgan fingerprint density at radius 2 is 1.97 bits per heavy atom. The topological polar surface area (TPSA) is 79.0 Å². The maximum absolute atomic E-state index is 13.2. The molecular formula is C24H23ClN4O2S2. The van der Waals surface area contributed by atoms with Gasteiger partial charge in [0.1, 0.15) is 5.82 Å². The maximum atomic E-state index is 13.2. The molecule has 170 valence electrons. The van der Waals surface area contributed by atoms with Gasteiger partial charge in [0, 0.05) is 33.2 Å². The van der Waals surface area contributed by atoms with Crippen molar-refractivity contribution in [2.45, 2.75) is 37.5 Å². The zero-order valence-corrected chi connectivity index (χ0v) is 20.7. The van der Waals surface area contributed by atoms with E-state index in [9.17, 15) is 9.59 Å². The van der Waals surface area contributed by atoms with Crippen molar-refractivity contribution in [3.05, 3.63) is 85.3 Å². The molecule has 1 N–H and O–H groups in total. The fraction of sp³-hybridized carbons (Fsp3) is 0.250. The third-order valence-corrected chi connectivity index (χ3v) is 7.10. The van der Waals surface area contributed by atoms with Gasteiger partial charge in [-0.05, 0) is 55.8 Å². The molecule has 0 fully saturated rings. The molecular weight excluding hydrogens is 476 g/mol. The van der Waals surface area contributed by atoms with Crippen molar-refractivity contribution in [2.24, 2.45) is 0 Å². The molecule has 9 heteroatoms. The summed E-state index contributed by atoms with van der Waals surface area (Å²) < 4.78 is 0. The summed E-state index contributed by atoms with van der Waals surface area (Å²) in [5.74, 6) is 1.13. The number of hydrogen-bond donors (Lipinski definition) is 1. The van der Waals surface area contributed by atoms with Crippen molar-refractivity contribution in [2.75, 3.05) is 6.54 Å². The normalized spacial score (nSPS) is 11.1. The number of hydrogen-bond acceptors (Lipinski definition) is 6. The molecule has 2 heterocycles. The molecule has 0 atom stereocenters. The highest BCUT2D eigenvalue weighted by molar-refractivity contribution is 7.98. The number of benzene rings is 2. The molecule has 2 aromatic carbocycles. The molecule has 0 aliphatic rings. The first-order chi connectivity index (χ1) is 15.9. The molecule has 33 heavy (non-hydrogen) atoms. The van der Waals surface area contributed by atoms with Crippen LogP contribution in [0.5, 0.6) is 0 Å².